The van der Waals surface area contributed by atoms with E-state index in [1.807, 2.05) is 36.4 Å². The Hall–Kier alpha value is -4.08. The number of phenols is 2. The third-order valence-corrected chi connectivity index (χ3v) is 15.1. The van der Waals surface area contributed by atoms with Gasteiger partial charge in [-0.1, -0.05) is 191 Å². The maximum absolute atomic E-state index is 12.5. The third kappa shape index (κ3) is 10.6. The van der Waals surface area contributed by atoms with E-state index in [-0.39, 0.29) is 33.2 Å². The zero-order valence-corrected chi connectivity index (χ0v) is 41.4. The predicted octanol–water partition coefficient (Wildman–Crippen LogP) is 16.4. The summed E-state index contributed by atoms with van der Waals surface area (Å²) >= 11 is 6.13. The second-order valence-electron chi connectivity index (χ2n) is 20.2. The van der Waals surface area contributed by atoms with E-state index in [0.29, 0.717) is 24.7 Å². The largest absolute Gasteiger partial charge is 0.506 e. The molecule has 8 bridgehead atoms. The number of hydrogen-bond donors (Lipinski definition) is 2. The van der Waals surface area contributed by atoms with Gasteiger partial charge in [0.2, 0.25) is 0 Å². The van der Waals surface area contributed by atoms with Gasteiger partial charge in [0.1, 0.15) is 36.2 Å². The molecule has 2 N–H and O–H groups in total. The topological polar surface area (TPSA) is 58.9 Å². The van der Waals surface area contributed by atoms with E-state index in [4.69, 9.17) is 9.47 Å². The van der Waals surface area contributed by atoms with Gasteiger partial charge in [-0.3, -0.25) is 0 Å². The van der Waals surface area contributed by atoms with Crippen molar-refractivity contribution in [3.8, 4) is 23.0 Å². The summed E-state index contributed by atoms with van der Waals surface area (Å²) in [6.45, 7) is 27.3. The Morgan fingerprint density at radius 3 is 0.806 bits per heavy atom. The molecule has 0 unspecified atom stereocenters. The van der Waals surface area contributed by atoms with Gasteiger partial charge < -0.3 is 19.7 Å². The second-order valence-corrected chi connectivity index (χ2v) is 24.5. The normalized spacial score (nSPS) is 13.5. The summed E-state index contributed by atoms with van der Waals surface area (Å²) in [7, 11) is 0. The summed E-state index contributed by atoms with van der Waals surface area (Å²) in [5.74, 6) is 1.85. The molecule has 7 rings (SSSR count). The Balaban J connectivity index is 1.55. The molecular weight excluding hydrogens is 841 g/mol. The summed E-state index contributed by atoms with van der Waals surface area (Å²) in [4.78, 5) is 6.54. The van der Waals surface area contributed by atoms with E-state index in [1.54, 1.807) is 0 Å². The quantitative estimate of drug-likeness (QED) is 0.171. The lowest BCUT2D eigenvalue weighted by Crippen LogP contribution is -2.13. The van der Waals surface area contributed by atoms with Gasteiger partial charge in [0.25, 0.3) is 0 Å². The first kappa shape index (κ1) is 45.9. The lowest BCUT2D eigenvalue weighted by Gasteiger charge is -2.27. The Morgan fingerprint density at radius 1 is 0.355 bits per heavy atom. The molecule has 4 nitrogen and oxygen atoms in total. The van der Waals surface area contributed by atoms with Crippen molar-refractivity contribution in [2.45, 2.75) is 157 Å². The van der Waals surface area contributed by atoms with Crippen LogP contribution < -0.4 is 9.47 Å². The molecule has 1 aliphatic heterocycles. The maximum atomic E-state index is 12.5. The number of fused-ring (bicyclic) bond motifs is 8. The summed E-state index contributed by atoms with van der Waals surface area (Å²) in [6.07, 6.45) is 0. The van der Waals surface area contributed by atoms with Gasteiger partial charge in [-0.15, -0.1) is 0 Å². The average Bonchev–Trinajstić information content (AvgIpc) is 3.18. The molecule has 0 spiro atoms. The molecule has 0 aromatic heterocycles. The van der Waals surface area contributed by atoms with Crippen LogP contribution in [0, 0.1) is 0 Å². The average molecular weight is 901 g/mol. The van der Waals surface area contributed by atoms with Crippen molar-refractivity contribution >= 4 is 47.0 Å². The van der Waals surface area contributed by atoms with E-state index in [2.05, 4.69) is 156 Å². The van der Waals surface area contributed by atoms with Gasteiger partial charge in [-0.25, -0.2) is 0 Å². The molecule has 1 aliphatic rings. The Labute approximate surface area is 387 Å². The van der Waals surface area contributed by atoms with E-state index in [0.717, 1.165) is 72.5 Å². The molecule has 62 heavy (non-hydrogen) atoms. The molecule has 0 saturated carbocycles. The molecule has 0 saturated heterocycles. The number of benzene rings is 6. The van der Waals surface area contributed by atoms with Crippen molar-refractivity contribution in [3.05, 3.63) is 143 Å². The Kier molecular flexibility index (Phi) is 13.2. The van der Waals surface area contributed by atoms with Crippen LogP contribution in [0.3, 0.4) is 0 Å². The molecule has 0 radical (unpaired) electrons. The molecule has 0 fully saturated rings. The van der Waals surface area contributed by atoms with Gasteiger partial charge in [0.05, 0.1) is 39.2 Å². The number of rotatable bonds is 6. The van der Waals surface area contributed by atoms with Crippen LogP contribution in [0.2, 0.25) is 0 Å². The third-order valence-electron chi connectivity index (χ3n) is 10.9. The number of phenolic OH excluding ortho intramolecular Hbond substituents is 2. The van der Waals surface area contributed by atoms with Crippen LogP contribution in [0.25, 0.3) is 0 Å². The van der Waals surface area contributed by atoms with E-state index < -0.39 is 0 Å². The minimum Gasteiger partial charge on any atom is -0.506 e. The van der Waals surface area contributed by atoms with Crippen LogP contribution in [-0.4, -0.2) is 10.2 Å². The first-order valence-corrected chi connectivity index (χ1v) is 24.5. The van der Waals surface area contributed by atoms with E-state index in [1.165, 1.54) is 47.0 Å². The van der Waals surface area contributed by atoms with Crippen LogP contribution in [0.5, 0.6) is 23.0 Å². The highest BCUT2D eigenvalue weighted by Gasteiger charge is 2.29. The number of aromatic hydroxyl groups is 2. The summed E-state index contributed by atoms with van der Waals surface area (Å²) in [5.41, 5.74) is 5.72. The fourth-order valence-electron chi connectivity index (χ4n) is 6.88. The monoisotopic (exact) mass is 900 g/mol. The molecule has 0 atom stereocenters. The highest BCUT2D eigenvalue weighted by molar-refractivity contribution is 8.01. The predicted molar refractivity (Wildman–Crippen MR) is 262 cm³/mol. The summed E-state index contributed by atoms with van der Waals surface area (Å²) in [5, 5.41) is 25.1. The van der Waals surface area contributed by atoms with Crippen molar-refractivity contribution in [3.63, 3.8) is 0 Å². The van der Waals surface area contributed by atoms with Crippen molar-refractivity contribution in [2.24, 2.45) is 0 Å². The van der Waals surface area contributed by atoms with Crippen LogP contribution in [0.1, 0.15) is 116 Å². The molecule has 1 heterocycles. The molecule has 6 aromatic rings. The van der Waals surface area contributed by atoms with Crippen molar-refractivity contribution in [2.75, 3.05) is 0 Å². The fraction of sp³-hybridized carbons (Fsp3) is 0.333. The van der Waals surface area contributed by atoms with Crippen LogP contribution in [0.4, 0.5) is 0 Å². The van der Waals surface area contributed by atoms with Gasteiger partial charge in [-0.2, -0.15) is 0 Å². The molecular formula is C54H60O4S4. The standard InChI is InChI=1S/C54H60O4S4/c1-51(2,3)35-23-39-47(55)40(24-35)60-44-28-38(54(10,11)12)30-46(50(44)58-32-34-21-17-14-18-22-34)62-42-26-36(52(4,5)6)25-41(48(42)56)61-45-29-37(53(7,8)9)27-43(59-39)49(45)57-31-33-19-15-13-16-20-33/h13-30,55-56H,31-32H2,1-12H3. The SMILES string of the molecule is CC(C)(C)c1cc2c(O)c(c1)Sc1cc(C(C)(C)C)cc(c1OCc1ccccc1)Sc1cc(C(C)(C)C)cc(c1O)Sc1cc(C(C)(C)C)cc(c1OCc1ccccc1)S2. The first-order valence-electron chi connectivity index (χ1n) is 21.2. The fourth-order valence-corrected chi connectivity index (χ4v) is 11.4. The molecule has 0 aliphatic carbocycles. The van der Waals surface area contributed by atoms with E-state index >= 15 is 0 Å². The first-order chi connectivity index (χ1) is 29.0. The smallest absolute Gasteiger partial charge is 0.147 e. The second kappa shape index (κ2) is 17.8. The van der Waals surface area contributed by atoms with Crippen molar-refractivity contribution < 1.29 is 19.7 Å². The van der Waals surface area contributed by atoms with Gasteiger partial charge in [-0.05, 0) is 104 Å². The maximum Gasteiger partial charge on any atom is 0.147 e. The highest BCUT2D eigenvalue weighted by Crippen LogP contribution is 2.56. The van der Waals surface area contributed by atoms with Gasteiger partial charge >= 0.3 is 0 Å². The zero-order chi connectivity index (χ0) is 44.8. The summed E-state index contributed by atoms with van der Waals surface area (Å²) < 4.78 is 13.8. The van der Waals surface area contributed by atoms with Crippen molar-refractivity contribution in [1.29, 1.82) is 0 Å². The minimum atomic E-state index is -0.216. The Morgan fingerprint density at radius 2 is 0.581 bits per heavy atom. The van der Waals surface area contributed by atoms with Crippen molar-refractivity contribution in [1.82, 2.24) is 0 Å². The minimum absolute atomic E-state index is 0.209. The number of ether oxygens (including phenoxy) is 2. The lowest BCUT2D eigenvalue weighted by molar-refractivity contribution is 0.290. The number of hydrogen-bond acceptors (Lipinski definition) is 8. The highest BCUT2D eigenvalue weighted by atomic mass is 32.2. The molecule has 0 amide bonds. The molecule has 6 aromatic carbocycles. The van der Waals surface area contributed by atoms with Crippen LogP contribution in [-0.2, 0) is 34.9 Å². The van der Waals surface area contributed by atoms with Crippen LogP contribution in [0.15, 0.2) is 148 Å². The lowest BCUT2D eigenvalue weighted by atomic mass is 9.87. The Bertz CT molecular complexity index is 2300. The zero-order valence-electron chi connectivity index (χ0n) is 38.2. The van der Waals surface area contributed by atoms with Crippen LogP contribution >= 0.6 is 47.0 Å². The van der Waals surface area contributed by atoms with E-state index in [9.17, 15) is 10.2 Å². The summed E-state index contributed by atoms with van der Waals surface area (Å²) in [6, 6.07) is 37.8. The van der Waals surface area contributed by atoms with Gasteiger partial charge in [0, 0.05) is 0 Å². The molecule has 324 valence electrons. The van der Waals surface area contributed by atoms with Gasteiger partial charge in [0.15, 0.2) is 0 Å². The molecule has 8 heteroatoms.